The second kappa shape index (κ2) is 6.05. The summed E-state index contributed by atoms with van der Waals surface area (Å²) in [7, 11) is 2.35. The maximum atomic E-state index is 11.4. The normalized spacial score (nSPS) is 10.4. The molecule has 0 bridgehead atoms. The highest BCUT2D eigenvalue weighted by atomic mass is 16.5. The minimum Gasteiger partial charge on any atom is -0.468 e. The van der Waals surface area contributed by atoms with Gasteiger partial charge >= 0.3 is 11.9 Å². The zero-order valence-corrected chi connectivity index (χ0v) is 9.63. The van der Waals surface area contributed by atoms with Crippen molar-refractivity contribution in [2.75, 3.05) is 20.8 Å². The summed E-state index contributed by atoms with van der Waals surface area (Å²) >= 11 is 0. The maximum Gasteiger partial charge on any atom is 0.327 e. The van der Waals surface area contributed by atoms with Crippen LogP contribution in [0.25, 0.3) is 0 Å². The molecule has 0 aliphatic heterocycles. The van der Waals surface area contributed by atoms with Crippen LogP contribution in [0.3, 0.4) is 0 Å². The summed E-state index contributed by atoms with van der Waals surface area (Å²) in [6, 6.07) is 3.08. The maximum absolute atomic E-state index is 11.4. The number of hydrogen-bond acceptors (Lipinski definition) is 6. The van der Waals surface area contributed by atoms with Gasteiger partial charge < -0.3 is 19.0 Å². The van der Waals surface area contributed by atoms with Crippen molar-refractivity contribution in [1.82, 2.24) is 0 Å². The lowest BCUT2D eigenvalue weighted by atomic mass is 10.1. The number of hydrogen-bond donors (Lipinski definition) is 1. The van der Waals surface area contributed by atoms with Gasteiger partial charge in [0.05, 0.1) is 20.8 Å². The summed E-state index contributed by atoms with van der Waals surface area (Å²) < 4.78 is 14.3. The van der Waals surface area contributed by atoms with E-state index in [1.807, 2.05) is 0 Å². The van der Waals surface area contributed by atoms with Gasteiger partial charge in [-0.05, 0) is 12.1 Å². The summed E-state index contributed by atoms with van der Waals surface area (Å²) in [5, 5.41) is 8.74. The SMILES string of the molecule is COC(=O)C(C(=O)OC)c1ccc(CCO)o1. The number of ether oxygens (including phenoxy) is 2. The number of carbonyl (C=O) groups is 2. The van der Waals surface area contributed by atoms with Crippen LogP contribution in [0, 0.1) is 0 Å². The molecule has 1 N–H and O–H groups in total. The van der Waals surface area contributed by atoms with Gasteiger partial charge in [0, 0.05) is 6.42 Å². The highest BCUT2D eigenvalue weighted by Crippen LogP contribution is 2.22. The number of carbonyl (C=O) groups excluding carboxylic acids is 2. The summed E-state index contributed by atoms with van der Waals surface area (Å²) in [6.07, 6.45) is 0.315. The van der Waals surface area contributed by atoms with E-state index in [1.165, 1.54) is 20.3 Å². The van der Waals surface area contributed by atoms with E-state index in [9.17, 15) is 9.59 Å². The molecule has 1 aromatic heterocycles. The minimum atomic E-state index is -1.22. The highest BCUT2D eigenvalue weighted by Gasteiger charge is 2.33. The van der Waals surface area contributed by atoms with Crippen molar-refractivity contribution in [3.8, 4) is 0 Å². The molecule has 0 fully saturated rings. The number of esters is 2. The average molecular weight is 242 g/mol. The third kappa shape index (κ3) is 3.07. The van der Waals surface area contributed by atoms with Crippen molar-refractivity contribution in [1.29, 1.82) is 0 Å². The summed E-state index contributed by atoms with van der Waals surface area (Å²) in [5.41, 5.74) is 0. The van der Waals surface area contributed by atoms with Gasteiger partial charge in [0.2, 0.25) is 5.92 Å². The molecule has 0 saturated heterocycles. The van der Waals surface area contributed by atoms with Gasteiger partial charge in [0.1, 0.15) is 11.5 Å². The van der Waals surface area contributed by atoms with E-state index in [-0.39, 0.29) is 12.4 Å². The Morgan fingerprint density at radius 1 is 1.29 bits per heavy atom. The van der Waals surface area contributed by atoms with Crippen molar-refractivity contribution in [3.63, 3.8) is 0 Å². The first-order valence-electron chi connectivity index (χ1n) is 4.99. The molecule has 0 aliphatic carbocycles. The fourth-order valence-corrected chi connectivity index (χ4v) is 1.36. The van der Waals surface area contributed by atoms with Gasteiger partial charge in [-0.1, -0.05) is 0 Å². The van der Waals surface area contributed by atoms with Crippen molar-refractivity contribution >= 4 is 11.9 Å². The summed E-state index contributed by atoms with van der Waals surface area (Å²) in [5.74, 6) is -2.09. The standard InChI is InChI=1S/C11H14O6/c1-15-10(13)9(11(14)16-2)8-4-3-7(17-8)5-6-12/h3-4,9,12H,5-6H2,1-2H3. The first kappa shape index (κ1) is 13.2. The molecule has 0 aromatic carbocycles. The Hall–Kier alpha value is -1.82. The molecule has 0 radical (unpaired) electrons. The van der Waals surface area contributed by atoms with Crippen LogP contribution in [0.4, 0.5) is 0 Å². The van der Waals surface area contributed by atoms with E-state index in [1.54, 1.807) is 6.07 Å². The fraction of sp³-hybridized carbons (Fsp3) is 0.455. The minimum absolute atomic E-state index is 0.0753. The smallest absolute Gasteiger partial charge is 0.327 e. The van der Waals surface area contributed by atoms with Gasteiger partial charge in [-0.15, -0.1) is 0 Å². The zero-order valence-electron chi connectivity index (χ0n) is 9.63. The molecule has 94 valence electrons. The Morgan fingerprint density at radius 3 is 2.35 bits per heavy atom. The largest absolute Gasteiger partial charge is 0.468 e. The molecule has 1 heterocycles. The predicted molar refractivity (Wildman–Crippen MR) is 56.3 cm³/mol. The van der Waals surface area contributed by atoms with Crippen LogP contribution in [0.1, 0.15) is 17.4 Å². The van der Waals surface area contributed by atoms with E-state index >= 15 is 0 Å². The molecule has 17 heavy (non-hydrogen) atoms. The molecule has 0 saturated carbocycles. The van der Waals surface area contributed by atoms with Gasteiger partial charge in [-0.3, -0.25) is 9.59 Å². The topological polar surface area (TPSA) is 86.0 Å². The summed E-state index contributed by atoms with van der Waals surface area (Å²) in [4.78, 5) is 22.9. The van der Waals surface area contributed by atoms with E-state index in [0.717, 1.165) is 0 Å². The lowest BCUT2D eigenvalue weighted by molar-refractivity contribution is -0.154. The Bertz CT molecular complexity index is 378. The van der Waals surface area contributed by atoms with Gasteiger partial charge in [0.25, 0.3) is 0 Å². The number of rotatable bonds is 5. The third-order valence-electron chi connectivity index (χ3n) is 2.20. The Balaban J connectivity index is 2.96. The van der Waals surface area contributed by atoms with Crippen LogP contribution in [0.2, 0.25) is 0 Å². The molecular weight excluding hydrogens is 228 g/mol. The van der Waals surface area contributed by atoms with Crippen LogP contribution in [-0.4, -0.2) is 37.9 Å². The molecule has 6 nitrogen and oxygen atoms in total. The van der Waals surface area contributed by atoms with Crippen molar-refractivity contribution in [3.05, 3.63) is 23.7 Å². The van der Waals surface area contributed by atoms with Crippen molar-refractivity contribution in [2.24, 2.45) is 0 Å². The first-order valence-corrected chi connectivity index (χ1v) is 4.99. The van der Waals surface area contributed by atoms with Gasteiger partial charge in [-0.25, -0.2) is 0 Å². The number of methoxy groups -OCH3 is 2. The Labute approximate surface area is 98.1 Å². The predicted octanol–water partition coefficient (Wildman–Crippen LogP) is 0.244. The monoisotopic (exact) mass is 242 g/mol. The number of aliphatic hydroxyl groups is 1. The van der Waals surface area contributed by atoms with Crippen LogP contribution in [0.5, 0.6) is 0 Å². The van der Waals surface area contributed by atoms with E-state index in [4.69, 9.17) is 9.52 Å². The van der Waals surface area contributed by atoms with E-state index in [2.05, 4.69) is 9.47 Å². The quantitative estimate of drug-likeness (QED) is 0.588. The summed E-state index contributed by atoms with van der Waals surface area (Å²) in [6.45, 7) is -0.0753. The van der Waals surface area contributed by atoms with Crippen molar-refractivity contribution < 1.29 is 28.6 Å². The second-order valence-electron chi connectivity index (χ2n) is 3.26. The lowest BCUT2D eigenvalue weighted by Crippen LogP contribution is -2.23. The first-order chi connectivity index (χ1) is 8.13. The molecule has 0 aliphatic rings. The van der Waals surface area contributed by atoms with Crippen LogP contribution >= 0.6 is 0 Å². The Morgan fingerprint density at radius 2 is 1.88 bits per heavy atom. The third-order valence-corrected chi connectivity index (χ3v) is 2.20. The van der Waals surface area contributed by atoms with Gasteiger partial charge in [-0.2, -0.15) is 0 Å². The van der Waals surface area contributed by atoms with Gasteiger partial charge in [0.15, 0.2) is 0 Å². The lowest BCUT2D eigenvalue weighted by Gasteiger charge is -2.09. The van der Waals surface area contributed by atoms with Crippen LogP contribution < -0.4 is 0 Å². The van der Waals surface area contributed by atoms with Crippen LogP contribution in [0.15, 0.2) is 16.5 Å². The molecule has 1 rings (SSSR count). The molecular formula is C11H14O6. The number of furan rings is 1. The molecule has 0 amide bonds. The fourth-order valence-electron chi connectivity index (χ4n) is 1.36. The molecule has 0 spiro atoms. The molecule has 1 aromatic rings. The van der Waals surface area contributed by atoms with E-state index < -0.39 is 17.9 Å². The zero-order chi connectivity index (χ0) is 12.8. The number of aliphatic hydroxyl groups excluding tert-OH is 1. The Kier molecular flexibility index (Phi) is 4.71. The average Bonchev–Trinajstić information content (AvgIpc) is 2.77. The molecule has 6 heteroatoms. The highest BCUT2D eigenvalue weighted by molar-refractivity contribution is 6.00. The second-order valence-corrected chi connectivity index (χ2v) is 3.26. The van der Waals surface area contributed by atoms with E-state index in [0.29, 0.717) is 12.2 Å². The molecule has 0 unspecified atom stereocenters. The molecule has 0 atom stereocenters. The van der Waals surface area contributed by atoms with Crippen molar-refractivity contribution in [2.45, 2.75) is 12.3 Å². The van der Waals surface area contributed by atoms with Crippen LogP contribution in [-0.2, 0) is 25.5 Å².